The van der Waals surface area contributed by atoms with Crippen molar-refractivity contribution in [2.24, 2.45) is 0 Å². The summed E-state index contributed by atoms with van der Waals surface area (Å²) in [7, 11) is 0. The maximum atomic E-state index is 12.5. The van der Waals surface area contributed by atoms with Crippen LogP contribution in [0.5, 0.6) is 5.75 Å². The maximum Gasteiger partial charge on any atom is 0.251 e. The first-order chi connectivity index (χ1) is 12.7. The van der Waals surface area contributed by atoms with Crippen molar-refractivity contribution in [1.29, 1.82) is 0 Å². The zero-order chi connectivity index (χ0) is 18.4. The van der Waals surface area contributed by atoms with Gasteiger partial charge in [0.05, 0.1) is 6.61 Å². The van der Waals surface area contributed by atoms with Gasteiger partial charge in [0.2, 0.25) is 0 Å². The highest BCUT2D eigenvalue weighted by atomic mass is 16.3. The molecule has 1 heterocycles. The summed E-state index contributed by atoms with van der Waals surface area (Å²) >= 11 is 0. The summed E-state index contributed by atoms with van der Waals surface area (Å²) < 4.78 is 0. The molecule has 0 saturated carbocycles. The number of aliphatic hydroxyl groups excluding tert-OH is 1. The van der Waals surface area contributed by atoms with Crippen molar-refractivity contribution in [2.45, 2.75) is 25.3 Å². The van der Waals surface area contributed by atoms with E-state index in [1.54, 1.807) is 18.2 Å². The number of hydrogen-bond acceptors (Lipinski definition) is 4. The number of nitrogens with one attached hydrogen (secondary N) is 1. The van der Waals surface area contributed by atoms with Gasteiger partial charge in [0.25, 0.3) is 5.91 Å². The third-order valence-corrected chi connectivity index (χ3v) is 4.97. The third kappa shape index (κ3) is 4.62. The van der Waals surface area contributed by atoms with Gasteiger partial charge in [-0.15, -0.1) is 0 Å². The Morgan fingerprint density at radius 3 is 2.69 bits per heavy atom. The van der Waals surface area contributed by atoms with Crippen LogP contribution in [0, 0.1) is 0 Å². The molecule has 0 aliphatic carbocycles. The van der Waals surface area contributed by atoms with Crippen LogP contribution >= 0.6 is 0 Å². The summed E-state index contributed by atoms with van der Waals surface area (Å²) in [6.07, 6.45) is 3.34. The van der Waals surface area contributed by atoms with Crippen molar-refractivity contribution in [3.8, 4) is 16.9 Å². The van der Waals surface area contributed by atoms with Crippen LogP contribution in [0.2, 0.25) is 0 Å². The van der Waals surface area contributed by atoms with Gasteiger partial charge in [-0.3, -0.25) is 9.69 Å². The second-order valence-corrected chi connectivity index (χ2v) is 6.75. The lowest BCUT2D eigenvalue weighted by Crippen LogP contribution is -2.45. The van der Waals surface area contributed by atoms with E-state index in [0.29, 0.717) is 12.1 Å². The van der Waals surface area contributed by atoms with Gasteiger partial charge in [0.1, 0.15) is 5.75 Å². The number of carbonyl (C=O) groups excluding carboxylic acids is 1. The summed E-state index contributed by atoms with van der Waals surface area (Å²) in [4.78, 5) is 14.7. The van der Waals surface area contributed by atoms with Gasteiger partial charge in [-0.25, -0.2) is 0 Å². The van der Waals surface area contributed by atoms with E-state index in [9.17, 15) is 15.0 Å². The van der Waals surface area contributed by atoms with Crippen LogP contribution in [0.1, 0.15) is 29.6 Å². The first-order valence-corrected chi connectivity index (χ1v) is 9.20. The van der Waals surface area contributed by atoms with E-state index in [1.165, 1.54) is 0 Å². The molecule has 0 spiro atoms. The van der Waals surface area contributed by atoms with E-state index in [4.69, 9.17) is 0 Å². The Morgan fingerprint density at radius 2 is 1.92 bits per heavy atom. The summed E-state index contributed by atoms with van der Waals surface area (Å²) in [5.41, 5.74) is 2.51. The van der Waals surface area contributed by atoms with Gasteiger partial charge in [0.15, 0.2) is 0 Å². The van der Waals surface area contributed by atoms with Gasteiger partial charge in [-0.1, -0.05) is 30.7 Å². The van der Waals surface area contributed by atoms with E-state index in [-0.39, 0.29) is 24.3 Å². The Morgan fingerprint density at radius 1 is 1.12 bits per heavy atom. The number of hydrogen-bond donors (Lipinski definition) is 3. The van der Waals surface area contributed by atoms with Crippen molar-refractivity contribution >= 4 is 5.91 Å². The molecule has 1 fully saturated rings. The van der Waals surface area contributed by atoms with Gasteiger partial charge < -0.3 is 15.5 Å². The van der Waals surface area contributed by atoms with E-state index < -0.39 is 0 Å². The zero-order valence-corrected chi connectivity index (χ0v) is 14.9. The molecule has 5 nitrogen and oxygen atoms in total. The Labute approximate surface area is 154 Å². The van der Waals surface area contributed by atoms with Crippen LogP contribution in [-0.2, 0) is 0 Å². The Kier molecular flexibility index (Phi) is 6.26. The number of aromatic hydroxyl groups is 1. The summed E-state index contributed by atoms with van der Waals surface area (Å²) in [5, 5.41) is 21.8. The molecule has 5 heteroatoms. The van der Waals surface area contributed by atoms with E-state index in [0.717, 1.165) is 43.5 Å². The second kappa shape index (κ2) is 8.83. The number of likely N-dealkylation sites (tertiary alicyclic amines) is 1. The number of nitrogens with zero attached hydrogens (tertiary/aromatic N) is 1. The third-order valence-electron chi connectivity index (χ3n) is 4.97. The molecule has 0 bridgehead atoms. The molecule has 0 radical (unpaired) electrons. The van der Waals surface area contributed by atoms with Crippen LogP contribution in [0.25, 0.3) is 11.1 Å². The number of benzene rings is 2. The predicted octanol–water partition coefficient (Wildman–Crippen LogP) is 2.64. The molecule has 1 saturated heterocycles. The molecule has 2 aromatic carbocycles. The Hall–Kier alpha value is -2.37. The van der Waals surface area contributed by atoms with Crippen molar-refractivity contribution in [3.05, 3.63) is 54.1 Å². The monoisotopic (exact) mass is 354 g/mol. The average Bonchev–Trinajstić information content (AvgIpc) is 2.69. The molecule has 1 amide bonds. The van der Waals surface area contributed by atoms with Crippen LogP contribution < -0.4 is 5.32 Å². The molecule has 1 atom stereocenters. The molecular weight excluding hydrogens is 328 g/mol. The fourth-order valence-corrected chi connectivity index (χ4v) is 3.47. The quantitative estimate of drug-likeness (QED) is 0.746. The molecule has 1 aliphatic heterocycles. The highest BCUT2D eigenvalue weighted by Gasteiger charge is 2.21. The molecule has 3 rings (SSSR count). The molecular formula is C21H26N2O3. The van der Waals surface area contributed by atoms with Crippen molar-refractivity contribution < 1.29 is 15.0 Å². The van der Waals surface area contributed by atoms with Crippen LogP contribution in [0.4, 0.5) is 0 Å². The molecule has 26 heavy (non-hydrogen) atoms. The number of carbonyl (C=O) groups is 1. The Balaban J connectivity index is 1.58. The highest BCUT2D eigenvalue weighted by Crippen LogP contribution is 2.22. The fourth-order valence-electron chi connectivity index (χ4n) is 3.47. The SMILES string of the molecule is O=C(NCCN1CCCC[C@@H]1CO)c1cccc(-c2ccc(O)cc2)c1. The zero-order valence-electron chi connectivity index (χ0n) is 14.9. The molecule has 1 aliphatic rings. The minimum absolute atomic E-state index is 0.0943. The highest BCUT2D eigenvalue weighted by molar-refractivity contribution is 5.95. The van der Waals surface area contributed by atoms with Gasteiger partial charge >= 0.3 is 0 Å². The minimum Gasteiger partial charge on any atom is -0.508 e. The number of rotatable bonds is 6. The smallest absolute Gasteiger partial charge is 0.251 e. The molecule has 0 aromatic heterocycles. The molecule has 2 aromatic rings. The fraction of sp³-hybridized carbons (Fsp3) is 0.381. The molecule has 138 valence electrons. The number of aliphatic hydroxyl groups is 1. The van der Waals surface area contributed by atoms with E-state index in [2.05, 4.69) is 10.2 Å². The minimum atomic E-state index is -0.0943. The maximum absolute atomic E-state index is 12.5. The average molecular weight is 354 g/mol. The van der Waals surface area contributed by atoms with Crippen molar-refractivity contribution in [2.75, 3.05) is 26.2 Å². The van der Waals surface area contributed by atoms with Crippen LogP contribution in [0.15, 0.2) is 48.5 Å². The van der Waals surface area contributed by atoms with Gasteiger partial charge in [-0.05, 0) is 54.8 Å². The van der Waals surface area contributed by atoms with Gasteiger partial charge in [-0.2, -0.15) is 0 Å². The lowest BCUT2D eigenvalue weighted by molar-refractivity contribution is 0.0849. The summed E-state index contributed by atoms with van der Waals surface area (Å²) in [6.45, 7) is 2.49. The number of piperidine rings is 1. The summed E-state index contributed by atoms with van der Waals surface area (Å²) in [6, 6.07) is 14.6. The Bertz CT molecular complexity index is 730. The van der Waals surface area contributed by atoms with E-state index >= 15 is 0 Å². The van der Waals surface area contributed by atoms with Crippen LogP contribution in [-0.4, -0.2) is 53.3 Å². The normalized spacial score (nSPS) is 17.8. The standard InChI is InChI=1S/C21H26N2O3/c24-15-19-6-1-2-12-23(19)13-11-22-21(26)18-5-3-4-17(14-18)16-7-9-20(25)10-8-16/h3-5,7-10,14,19,24-25H,1-2,6,11-13,15H2,(H,22,26)/t19-/m1/s1. The number of phenols is 1. The van der Waals surface area contributed by atoms with Crippen LogP contribution in [0.3, 0.4) is 0 Å². The van der Waals surface area contributed by atoms with Crippen molar-refractivity contribution in [3.63, 3.8) is 0 Å². The number of amides is 1. The molecule has 0 unspecified atom stereocenters. The first kappa shape index (κ1) is 18.4. The predicted molar refractivity (Wildman–Crippen MR) is 102 cm³/mol. The van der Waals surface area contributed by atoms with Crippen molar-refractivity contribution in [1.82, 2.24) is 10.2 Å². The largest absolute Gasteiger partial charge is 0.508 e. The lowest BCUT2D eigenvalue weighted by Gasteiger charge is -2.34. The second-order valence-electron chi connectivity index (χ2n) is 6.75. The molecule has 3 N–H and O–H groups in total. The topological polar surface area (TPSA) is 72.8 Å². The first-order valence-electron chi connectivity index (χ1n) is 9.20. The number of phenolic OH excluding ortho intramolecular Hbond substituents is 1. The lowest BCUT2D eigenvalue weighted by atomic mass is 10.0. The van der Waals surface area contributed by atoms with E-state index in [1.807, 2.05) is 30.3 Å². The summed E-state index contributed by atoms with van der Waals surface area (Å²) in [5.74, 6) is 0.129. The van der Waals surface area contributed by atoms with Gasteiger partial charge in [0, 0.05) is 24.7 Å².